The molecule has 1 rings (SSSR count). The van der Waals surface area contributed by atoms with E-state index >= 15 is 0 Å². The summed E-state index contributed by atoms with van der Waals surface area (Å²) in [6, 6.07) is 4.67. The summed E-state index contributed by atoms with van der Waals surface area (Å²) in [5.74, 6) is 1.08. The van der Waals surface area contributed by atoms with Gasteiger partial charge in [-0.15, -0.1) is 11.8 Å². The van der Waals surface area contributed by atoms with Crippen molar-refractivity contribution in [2.75, 3.05) is 32.9 Å². The molecular formula is C13H23N3S. The minimum absolute atomic E-state index is 0.399. The smallest absolute Gasteiger partial charge is 0.0963 e. The normalized spacial score (nSPS) is 13.0. The van der Waals surface area contributed by atoms with Crippen molar-refractivity contribution >= 4 is 11.8 Å². The maximum absolute atomic E-state index is 4.40. The van der Waals surface area contributed by atoms with Crippen LogP contribution in [-0.2, 0) is 0 Å². The van der Waals surface area contributed by atoms with Gasteiger partial charge in [-0.2, -0.15) is 0 Å². The van der Waals surface area contributed by atoms with Gasteiger partial charge in [-0.1, -0.05) is 6.92 Å². The molecule has 0 saturated heterocycles. The molecule has 1 heterocycles. The van der Waals surface area contributed by atoms with E-state index in [1.54, 1.807) is 0 Å². The highest BCUT2D eigenvalue weighted by Crippen LogP contribution is 2.19. The number of aromatic nitrogens is 1. The first-order chi connectivity index (χ1) is 8.13. The Kier molecular flexibility index (Phi) is 6.55. The highest BCUT2D eigenvalue weighted by atomic mass is 32.2. The second-order valence-corrected chi connectivity index (χ2v) is 5.47. The van der Waals surface area contributed by atoms with Crippen LogP contribution >= 0.6 is 11.8 Å². The van der Waals surface area contributed by atoms with Crippen molar-refractivity contribution in [3.8, 4) is 0 Å². The molecule has 1 aromatic rings. The minimum atomic E-state index is 0.399. The van der Waals surface area contributed by atoms with E-state index in [-0.39, 0.29) is 0 Å². The third-order valence-corrected chi connectivity index (χ3v) is 3.46. The number of rotatable bonds is 7. The second-order valence-electron chi connectivity index (χ2n) is 4.36. The molecule has 0 aliphatic carbocycles. The maximum atomic E-state index is 4.40. The molecule has 0 amide bonds. The van der Waals surface area contributed by atoms with E-state index in [1.807, 2.05) is 18.0 Å². The summed E-state index contributed by atoms with van der Waals surface area (Å²) in [5, 5.41) is 4.54. The molecular weight excluding hydrogens is 230 g/mol. The van der Waals surface area contributed by atoms with Crippen molar-refractivity contribution < 1.29 is 0 Å². The maximum Gasteiger partial charge on any atom is 0.0963 e. The van der Waals surface area contributed by atoms with Crippen LogP contribution in [0.15, 0.2) is 23.4 Å². The Balaban J connectivity index is 2.53. The summed E-state index contributed by atoms with van der Waals surface area (Å²) in [6.45, 7) is 6.39. The van der Waals surface area contributed by atoms with Crippen LogP contribution in [0.2, 0.25) is 0 Å². The van der Waals surface area contributed by atoms with Gasteiger partial charge in [0.1, 0.15) is 0 Å². The van der Waals surface area contributed by atoms with Crippen LogP contribution in [0.4, 0.5) is 0 Å². The monoisotopic (exact) mass is 253 g/mol. The van der Waals surface area contributed by atoms with E-state index in [0.29, 0.717) is 6.04 Å². The predicted octanol–water partition coefficient (Wildman–Crippen LogP) is 2.41. The molecule has 0 aromatic carbocycles. The third-order valence-electron chi connectivity index (χ3n) is 2.56. The first-order valence-electron chi connectivity index (χ1n) is 6.10. The van der Waals surface area contributed by atoms with Crippen LogP contribution in [-0.4, -0.2) is 42.8 Å². The highest BCUT2D eigenvalue weighted by Gasteiger charge is 2.05. The Morgan fingerprint density at radius 1 is 1.47 bits per heavy atom. The molecule has 0 fully saturated rings. The number of hydrogen-bond acceptors (Lipinski definition) is 4. The van der Waals surface area contributed by atoms with Crippen LogP contribution < -0.4 is 5.32 Å². The molecule has 0 aliphatic rings. The first-order valence-corrected chi connectivity index (χ1v) is 7.09. The summed E-state index contributed by atoms with van der Waals surface area (Å²) in [4.78, 5) is 6.59. The van der Waals surface area contributed by atoms with Gasteiger partial charge in [0.25, 0.3) is 0 Å². The molecule has 1 atom stereocenters. The molecule has 96 valence electrons. The molecule has 1 aromatic heterocycles. The lowest BCUT2D eigenvalue weighted by Gasteiger charge is -2.13. The topological polar surface area (TPSA) is 28.2 Å². The van der Waals surface area contributed by atoms with Crippen molar-refractivity contribution in [2.24, 2.45) is 0 Å². The van der Waals surface area contributed by atoms with E-state index in [9.17, 15) is 0 Å². The summed E-state index contributed by atoms with van der Waals surface area (Å²) in [7, 11) is 4.19. The number of nitrogens with one attached hydrogen (secondary N) is 1. The van der Waals surface area contributed by atoms with Gasteiger partial charge in [0, 0.05) is 24.5 Å². The van der Waals surface area contributed by atoms with Crippen molar-refractivity contribution in [1.82, 2.24) is 15.2 Å². The Morgan fingerprint density at radius 3 is 2.88 bits per heavy atom. The van der Waals surface area contributed by atoms with Gasteiger partial charge in [0.15, 0.2) is 0 Å². The summed E-state index contributed by atoms with van der Waals surface area (Å²) >= 11 is 1.82. The zero-order valence-electron chi connectivity index (χ0n) is 11.2. The molecule has 3 nitrogen and oxygen atoms in total. The average Bonchev–Trinajstić information content (AvgIpc) is 2.29. The van der Waals surface area contributed by atoms with E-state index in [1.165, 1.54) is 5.56 Å². The van der Waals surface area contributed by atoms with Crippen LogP contribution in [0, 0.1) is 0 Å². The fourth-order valence-electron chi connectivity index (χ4n) is 1.53. The van der Waals surface area contributed by atoms with Crippen LogP contribution in [0.1, 0.15) is 25.5 Å². The molecule has 0 aliphatic heterocycles. The van der Waals surface area contributed by atoms with Crippen molar-refractivity contribution in [2.45, 2.75) is 24.9 Å². The van der Waals surface area contributed by atoms with E-state index in [2.05, 4.69) is 55.3 Å². The van der Waals surface area contributed by atoms with Gasteiger partial charge >= 0.3 is 0 Å². The number of thioether (sulfide) groups is 1. The molecule has 0 saturated carbocycles. The Bertz CT molecular complexity index is 328. The van der Waals surface area contributed by atoms with Crippen molar-refractivity contribution in [3.05, 3.63) is 23.9 Å². The molecule has 17 heavy (non-hydrogen) atoms. The molecule has 1 unspecified atom stereocenters. The zero-order valence-corrected chi connectivity index (χ0v) is 12.0. The Hall–Kier alpha value is -0.580. The number of pyridine rings is 1. The van der Waals surface area contributed by atoms with Gasteiger partial charge in [0.05, 0.1) is 5.03 Å². The number of hydrogen-bond donors (Lipinski definition) is 1. The largest absolute Gasteiger partial charge is 0.310 e. The minimum Gasteiger partial charge on any atom is -0.310 e. The van der Waals surface area contributed by atoms with Gasteiger partial charge in [0.2, 0.25) is 0 Å². The second kappa shape index (κ2) is 7.69. The lowest BCUT2D eigenvalue weighted by Crippen LogP contribution is -2.17. The molecule has 1 N–H and O–H groups in total. The molecule has 0 spiro atoms. The zero-order chi connectivity index (χ0) is 12.7. The summed E-state index contributed by atoms with van der Waals surface area (Å²) in [6.07, 6.45) is 1.90. The Labute approximate surface area is 109 Å². The van der Waals surface area contributed by atoms with Crippen molar-refractivity contribution in [1.29, 1.82) is 0 Å². The molecule has 0 radical (unpaired) electrons. The van der Waals surface area contributed by atoms with Crippen LogP contribution in [0.25, 0.3) is 0 Å². The van der Waals surface area contributed by atoms with Gasteiger partial charge in [-0.05, 0) is 45.3 Å². The lowest BCUT2D eigenvalue weighted by atomic mass is 10.1. The molecule has 0 bridgehead atoms. The predicted molar refractivity (Wildman–Crippen MR) is 75.6 cm³/mol. The number of nitrogens with zero attached hydrogens (tertiary/aromatic N) is 2. The average molecular weight is 253 g/mol. The standard InChI is InChI=1S/C13H23N3S/c1-5-14-11(2)12-6-7-15-13(10-12)17-9-8-16(3)4/h6-7,10-11,14H,5,8-9H2,1-4H3. The van der Waals surface area contributed by atoms with E-state index in [4.69, 9.17) is 0 Å². The van der Waals surface area contributed by atoms with Crippen molar-refractivity contribution in [3.63, 3.8) is 0 Å². The summed E-state index contributed by atoms with van der Waals surface area (Å²) < 4.78 is 0. The fraction of sp³-hybridized carbons (Fsp3) is 0.615. The molecule has 4 heteroatoms. The Morgan fingerprint density at radius 2 is 2.24 bits per heavy atom. The summed E-state index contributed by atoms with van der Waals surface area (Å²) in [5.41, 5.74) is 1.31. The van der Waals surface area contributed by atoms with E-state index < -0.39 is 0 Å². The lowest BCUT2D eigenvalue weighted by molar-refractivity contribution is 0.437. The van der Waals surface area contributed by atoms with Crippen LogP contribution in [0.5, 0.6) is 0 Å². The third kappa shape index (κ3) is 5.52. The highest BCUT2D eigenvalue weighted by molar-refractivity contribution is 7.99. The van der Waals surface area contributed by atoms with Gasteiger partial charge in [-0.25, -0.2) is 4.98 Å². The first kappa shape index (κ1) is 14.5. The quantitative estimate of drug-likeness (QED) is 0.755. The van der Waals surface area contributed by atoms with Gasteiger partial charge < -0.3 is 10.2 Å². The fourth-order valence-corrected chi connectivity index (χ4v) is 2.55. The van der Waals surface area contributed by atoms with Gasteiger partial charge in [-0.3, -0.25) is 0 Å². The van der Waals surface area contributed by atoms with Crippen LogP contribution in [0.3, 0.4) is 0 Å². The van der Waals surface area contributed by atoms with E-state index in [0.717, 1.165) is 23.9 Å². The SMILES string of the molecule is CCNC(C)c1ccnc(SCCN(C)C)c1.